The molecule has 6 nitrogen and oxygen atoms in total. The lowest BCUT2D eigenvalue weighted by Crippen LogP contribution is -2.54. The summed E-state index contributed by atoms with van der Waals surface area (Å²) in [5.41, 5.74) is 0.552. The minimum atomic E-state index is -0.00514. The van der Waals surface area contributed by atoms with Crippen LogP contribution in [0.5, 0.6) is 17.2 Å². The number of carbonyl (C=O) groups excluding carboxylic acids is 1. The number of morpholine rings is 1. The Morgan fingerprint density at radius 3 is 2.38 bits per heavy atom. The van der Waals surface area contributed by atoms with Gasteiger partial charge in [-0.1, -0.05) is 12.8 Å². The maximum atomic E-state index is 13.1. The van der Waals surface area contributed by atoms with Crippen LogP contribution < -0.4 is 14.2 Å². The van der Waals surface area contributed by atoms with Crippen LogP contribution in [0.1, 0.15) is 36.0 Å². The Bertz CT molecular complexity index is 576. The first-order valence-electron chi connectivity index (χ1n) is 8.42. The molecule has 0 N–H and O–H groups in total. The molecular weight excluding hydrogens is 310 g/mol. The Morgan fingerprint density at radius 1 is 1.08 bits per heavy atom. The quantitative estimate of drug-likeness (QED) is 0.846. The first kappa shape index (κ1) is 16.9. The van der Waals surface area contributed by atoms with E-state index in [1.165, 1.54) is 6.42 Å². The van der Waals surface area contributed by atoms with Crippen molar-refractivity contribution in [2.75, 3.05) is 34.5 Å². The maximum Gasteiger partial charge on any atom is 0.254 e. The van der Waals surface area contributed by atoms with Crippen molar-refractivity contribution < 1.29 is 23.7 Å². The summed E-state index contributed by atoms with van der Waals surface area (Å²) in [5.74, 6) is 1.48. The second kappa shape index (κ2) is 7.30. The van der Waals surface area contributed by atoms with E-state index in [9.17, 15) is 4.79 Å². The largest absolute Gasteiger partial charge is 0.493 e. The summed E-state index contributed by atoms with van der Waals surface area (Å²) in [6.45, 7) is 1.22. The highest BCUT2D eigenvalue weighted by Crippen LogP contribution is 2.39. The lowest BCUT2D eigenvalue weighted by molar-refractivity contribution is -0.0752. The van der Waals surface area contributed by atoms with E-state index in [1.807, 2.05) is 4.90 Å². The van der Waals surface area contributed by atoms with E-state index < -0.39 is 0 Å². The van der Waals surface area contributed by atoms with Gasteiger partial charge < -0.3 is 23.8 Å². The Labute approximate surface area is 142 Å². The van der Waals surface area contributed by atoms with Crippen LogP contribution in [-0.4, -0.2) is 57.4 Å². The smallest absolute Gasteiger partial charge is 0.254 e. The third-order valence-corrected chi connectivity index (χ3v) is 4.90. The van der Waals surface area contributed by atoms with Crippen molar-refractivity contribution in [2.45, 2.75) is 37.8 Å². The highest BCUT2D eigenvalue weighted by molar-refractivity contribution is 5.96. The van der Waals surface area contributed by atoms with Crippen LogP contribution in [0.25, 0.3) is 0 Å². The molecule has 0 spiro atoms. The molecule has 3 rings (SSSR count). The molecule has 0 radical (unpaired) electrons. The number of carbonyl (C=O) groups is 1. The summed E-state index contributed by atoms with van der Waals surface area (Å²) >= 11 is 0. The summed E-state index contributed by atoms with van der Waals surface area (Å²) in [7, 11) is 4.66. The molecule has 132 valence electrons. The van der Waals surface area contributed by atoms with Crippen molar-refractivity contribution in [3.63, 3.8) is 0 Å². The predicted octanol–water partition coefficient (Wildman–Crippen LogP) is 2.50. The lowest BCUT2D eigenvalue weighted by atomic mass is 9.89. The Balaban J connectivity index is 1.91. The number of methoxy groups -OCH3 is 3. The molecule has 1 aliphatic carbocycles. The number of nitrogens with zero attached hydrogens (tertiary/aromatic N) is 1. The van der Waals surface area contributed by atoms with Gasteiger partial charge in [-0.05, 0) is 25.0 Å². The van der Waals surface area contributed by atoms with Crippen molar-refractivity contribution in [2.24, 2.45) is 0 Å². The minimum Gasteiger partial charge on any atom is -0.493 e. The van der Waals surface area contributed by atoms with Crippen molar-refractivity contribution in [1.82, 2.24) is 4.90 Å². The molecule has 2 atom stereocenters. The van der Waals surface area contributed by atoms with Crippen LogP contribution in [0.4, 0.5) is 0 Å². The summed E-state index contributed by atoms with van der Waals surface area (Å²) in [6.07, 6.45) is 4.51. The highest BCUT2D eigenvalue weighted by atomic mass is 16.5. The van der Waals surface area contributed by atoms with E-state index >= 15 is 0 Å². The van der Waals surface area contributed by atoms with E-state index in [0.29, 0.717) is 36.0 Å². The first-order valence-corrected chi connectivity index (χ1v) is 8.42. The minimum absolute atomic E-state index is 0.00514. The third kappa shape index (κ3) is 3.02. The maximum absolute atomic E-state index is 13.1. The molecule has 6 heteroatoms. The number of benzene rings is 1. The van der Waals surface area contributed by atoms with E-state index in [1.54, 1.807) is 33.5 Å². The van der Waals surface area contributed by atoms with Gasteiger partial charge in [0.2, 0.25) is 5.75 Å². The Hall–Kier alpha value is -1.95. The van der Waals surface area contributed by atoms with E-state index in [0.717, 1.165) is 19.3 Å². The topological polar surface area (TPSA) is 57.2 Å². The normalized spacial score (nSPS) is 23.4. The number of amides is 1. The fraction of sp³-hybridized carbons (Fsp3) is 0.611. The van der Waals surface area contributed by atoms with Gasteiger partial charge in [-0.25, -0.2) is 0 Å². The first-order chi connectivity index (χ1) is 11.7. The molecule has 24 heavy (non-hydrogen) atoms. The standard InChI is InChI=1S/C18H25NO5/c1-21-15-10-12(11-16(22-2)17(15)23-3)18(20)19-8-9-24-14-7-5-4-6-13(14)19/h10-11,13-14H,4-9H2,1-3H3. The highest BCUT2D eigenvalue weighted by Gasteiger charge is 2.37. The molecule has 1 heterocycles. The molecule has 1 aromatic rings. The van der Waals surface area contributed by atoms with Gasteiger partial charge in [0.15, 0.2) is 11.5 Å². The van der Waals surface area contributed by atoms with Gasteiger partial charge >= 0.3 is 0 Å². The van der Waals surface area contributed by atoms with Crippen molar-refractivity contribution in [1.29, 1.82) is 0 Å². The van der Waals surface area contributed by atoms with Crippen LogP contribution in [0.15, 0.2) is 12.1 Å². The molecule has 1 amide bonds. The molecule has 1 aliphatic heterocycles. The van der Waals surface area contributed by atoms with Crippen LogP contribution in [0.2, 0.25) is 0 Å². The van der Waals surface area contributed by atoms with Crippen LogP contribution in [-0.2, 0) is 4.74 Å². The van der Waals surface area contributed by atoms with Gasteiger partial charge in [0.1, 0.15) is 0 Å². The number of ether oxygens (including phenoxy) is 4. The summed E-state index contributed by atoms with van der Waals surface area (Å²) in [4.78, 5) is 15.1. The zero-order valence-electron chi connectivity index (χ0n) is 14.5. The predicted molar refractivity (Wildman–Crippen MR) is 89.1 cm³/mol. The second-order valence-corrected chi connectivity index (χ2v) is 6.17. The average Bonchev–Trinajstić information content (AvgIpc) is 2.65. The van der Waals surface area contributed by atoms with Gasteiger partial charge in [0, 0.05) is 12.1 Å². The molecule has 0 aromatic heterocycles. The number of hydrogen-bond acceptors (Lipinski definition) is 5. The third-order valence-electron chi connectivity index (χ3n) is 4.90. The van der Waals surface area contributed by atoms with Crippen LogP contribution in [0, 0.1) is 0 Å². The number of fused-ring (bicyclic) bond motifs is 1. The van der Waals surface area contributed by atoms with E-state index in [4.69, 9.17) is 18.9 Å². The fourth-order valence-electron chi connectivity index (χ4n) is 3.72. The molecular formula is C18H25NO5. The van der Waals surface area contributed by atoms with Gasteiger partial charge in [-0.3, -0.25) is 4.79 Å². The molecule has 1 aromatic carbocycles. The van der Waals surface area contributed by atoms with Crippen molar-refractivity contribution >= 4 is 5.91 Å². The van der Waals surface area contributed by atoms with Crippen LogP contribution in [0.3, 0.4) is 0 Å². The van der Waals surface area contributed by atoms with E-state index in [2.05, 4.69) is 0 Å². The number of hydrogen-bond donors (Lipinski definition) is 0. The zero-order chi connectivity index (χ0) is 17.1. The summed E-state index contributed by atoms with van der Waals surface area (Å²) in [5, 5.41) is 0. The van der Waals surface area contributed by atoms with Crippen LogP contribution >= 0.6 is 0 Å². The van der Waals surface area contributed by atoms with Gasteiger partial charge in [0.25, 0.3) is 5.91 Å². The summed E-state index contributed by atoms with van der Waals surface area (Å²) in [6, 6.07) is 3.60. The average molecular weight is 335 g/mol. The van der Waals surface area contributed by atoms with Crippen molar-refractivity contribution in [3.05, 3.63) is 17.7 Å². The molecule has 2 aliphatic rings. The molecule has 1 saturated carbocycles. The molecule has 2 fully saturated rings. The summed E-state index contributed by atoms with van der Waals surface area (Å²) < 4.78 is 21.9. The fourth-order valence-corrected chi connectivity index (χ4v) is 3.72. The number of rotatable bonds is 4. The molecule has 1 saturated heterocycles. The van der Waals surface area contributed by atoms with E-state index in [-0.39, 0.29) is 18.1 Å². The Kier molecular flexibility index (Phi) is 5.14. The van der Waals surface area contributed by atoms with Crippen molar-refractivity contribution in [3.8, 4) is 17.2 Å². The lowest BCUT2D eigenvalue weighted by Gasteiger charge is -2.43. The van der Waals surface area contributed by atoms with Gasteiger partial charge in [-0.15, -0.1) is 0 Å². The molecule has 0 bridgehead atoms. The molecule has 2 unspecified atom stereocenters. The SMILES string of the molecule is COc1cc(C(=O)N2CCOC3CCCCC32)cc(OC)c1OC. The zero-order valence-corrected chi connectivity index (χ0v) is 14.5. The van der Waals surface area contributed by atoms with Gasteiger partial charge in [0.05, 0.1) is 40.1 Å². The second-order valence-electron chi connectivity index (χ2n) is 6.17. The Morgan fingerprint density at radius 2 is 1.75 bits per heavy atom. The van der Waals surface area contributed by atoms with Gasteiger partial charge in [-0.2, -0.15) is 0 Å². The monoisotopic (exact) mass is 335 g/mol.